The van der Waals surface area contributed by atoms with E-state index < -0.39 is 0 Å². The lowest BCUT2D eigenvalue weighted by Gasteiger charge is -2.13. The highest BCUT2D eigenvalue weighted by atomic mass is 35.5. The number of rotatable bonds is 4. The molecule has 0 saturated carbocycles. The van der Waals surface area contributed by atoms with Gasteiger partial charge in [0.25, 0.3) is 0 Å². The fourth-order valence-electron chi connectivity index (χ4n) is 1.88. The number of fused-ring (bicyclic) bond motifs is 1. The Morgan fingerprint density at radius 3 is 3.00 bits per heavy atom. The number of hydrogen-bond donors (Lipinski definition) is 2. The van der Waals surface area contributed by atoms with Crippen LogP contribution in [0.4, 0.5) is 5.69 Å². The number of nitrogens with zero attached hydrogens (tertiary/aromatic N) is 1. The van der Waals surface area contributed by atoms with Gasteiger partial charge in [0.2, 0.25) is 5.91 Å². The Bertz CT molecular complexity index is 600. The van der Waals surface area contributed by atoms with Crippen molar-refractivity contribution in [3.05, 3.63) is 35.5 Å². The summed E-state index contributed by atoms with van der Waals surface area (Å²) in [4.78, 5) is 16.2. The lowest BCUT2D eigenvalue weighted by Crippen LogP contribution is -2.22. The van der Waals surface area contributed by atoms with Crippen molar-refractivity contribution >= 4 is 34.1 Å². The number of carbonyl (C=O) groups excluding carboxylic acids is 1. The quantitative estimate of drug-likeness (QED) is 0.903. The number of anilines is 1. The van der Waals surface area contributed by atoms with E-state index in [0.29, 0.717) is 23.5 Å². The third-order valence-corrected chi connectivity index (χ3v) is 3.33. The third kappa shape index (κ3) is 3.03. The molecule has 1 heterocycles. The molecule has 1 aromatic carbocycles. The summed E-state index contributed by atoms with van der Waals surface area (Å²) < 4.78 is 0. The van der Waals surface area contributed by atoms with Crippen LogP contribution in [0.2, 0.25) is 5.02 Å². The van der Waals surface area contributed by atoms with E-state index in [1.165, 1.54) is 0 Å². The summed E-state index contributed by atoms with van der Waals surface area (Å²) in [5.74, 6) is -0.162. The Balaban J connectivity index is 2.31. The summed E-state index contributed by atoms with van der Waals surface area (Å²) in [7, 11) is 0. The smallest absolute Gasteiger partial charge is 0.227 e. The molecule has 0 radical (unpaired) electrons. The summed E-state index contributed by atoms with van der Waals surface area (Å²) in [5, 5.41) is 4.31. The number of nitrogens with one attached hydrogen (secondary N) is 1. The summed E-state index contributed by atoms with van der Waals surface area (Å²) >= 11 is 6.09. The zero-order chi connectivity index (χ0) is 13.8. The van der Waals surface area contributed by atoms with Crippen molar-refractivity contribution in [3.8, 4) is 0 Å². The van der Waals surface area contributed by atoms with Gasteiger partial charge in [-0.15, -0.1) is 0 Å². The normalized spacial score (nSPS) is 12.4. The Morgan fingerprint density at radius 1 is 1.47 bits per heavy atom. The molecule has 2 aromatic rings. The number of benzene rings is 1. The number of pyridine rings is 1. The van der Waals surface area contributed by atoms with E-state index in [0.717, 1.165) is 11.1 Å². The van der Waals surface area contributed by atoms with Crippen LogP contribution < -0.4 is 11.1 Å². The minimum absolute atomic E-state index is 0.0436. The highest BCUT2D eigenvalue weighted by Crippen LogP contribution is 2.28. The van der Waals surface area contributed by atoms with Gasteiger partial charge in [-0.1, -0.05) is 18.5 Å². The first-order valence-electron chi connectivity index (χ1n) is 6.17. The van der Waals surface area contributed by atoms with Crippen LogP contribution in [0.1, 0.15) is 13.3 Å². The SMILES string of the molecule is CC(CCN)C(=O)Nc1ccc(Cl)c2ncccc12. The van der Waals surface area contributed by atoms with Gasteiger partial charge < -0.3 is 11.1 Å². The number of halogens is 1. The second kappa shape index (κ2) is 5.99. The largest absolute Gasteiger partial charge is 0.330 e. The van der Waals surface area contributed by atoms with Crippen molar-refractivity contribution in [3.63, 3.8) is 0 Å². The van der Waals surface area contributed by atoms with E-state index in [4.69, 9.17) is 17.3 Å². The Morgan fingerprint density at radius 2 is 2.26 bits per heavy atom. The van der Waals surface area contributed by atoms with Gasteiger partial charge in [0.15, 0.2) is 0 Å². The van der Waals surface area contributed by atoms with Crippen molar-refractivity contribution in [2.24, 2.45) is 11.7 Å². The molecule has 3 N–H and O–H groups in total. The van der Waals surface area contributed by atoms with E-state index in [-0.39, 0.29) is 11.8 Å². The van der Waals surface area contributed by atoms with Gasteiger partial charge in [-0.25, -0.2) is 0 Å². The minimum atomic E-state index is -0.118. The first-order chi connectivity index (χ1) is 9.13. The average molecular weight is 278 g/mol. The summed E-state index contributed by atoms with van der Waals surface area (Å²) in [6, 6.07) is 7.23. The van der Waals surface area contributed by atoms with Crippen LogP contribution in [-0.4, -0.2) is 17.4 Å². The highest BCUT2D eigenvalue weighted by Gasteiger charge is 2.14. The van der Waals surface area contributed by atoms with Gasteiger partial charge in [-0.05, 0) is 37.2 Å². The van der Waals surface area contributed by atoms with E-state index in [1.54, 1.807) is 18.3 Å². The molecule has 0 spiro atoms. The van der Waals surface area contributed by atoms with Gasteiger partial charge in [0, 0.05) is 17.5 Å². The fraction of sp³-hybridized carbons (Fsp3) is 0.286. The lowest BCUT2D eigenvalue weighted by molar-refractivity contribution is -0.119. The third-order valence-electron chi connectivity index (χ3n) is 3.03. The Hall–Kier alpha value is -1.65. The molecule has 2 rings (SSSR count). The predicted octanol–water partition coefficient (Wildman–Crippen LogP) is 2.81. The summed E-state index contributed by atoms with van der Waals surface area (Å²) in [6.07, 6.45) is 2.34. The van der Waals surface area contributed by atoms with Crippen molar-refractivity contribution in [2.45, 2.75) is 13.3 Å². The first-order valence-corrected chi connectivity index (χ1v) is 6.55. The molecular formula is C14H16ClN3O. The number of carbonyl (C=O) groups is 1. The second-order valence-corrected chi connectivity index (χ2v) is 4.87. The molecule has 4 nitrogen and oxygen atoms in total. The van der Waals surface area contributed by atoms with Gasteiger partial charge in [-0.2, -0.15) is 0 Å². The van der Waals surface area contributed by atoms with Crippen LogP contribution in [-0.2, 0) is 4.79 Å². The van der Waals surface area contributed by atoms with Crippen molar-refractivity contribution in [2.75, 3.05) is 11.9 Å². The van der Waals surface area contributed by atoms with E-state index in [1.807, 2.05) is 19.1 Å². The molecule has 0 fully saturated rings. The molecule has 1 amide bonds. The molecule has 1 unspecified atom stereocenters. The van der Waals surface area contributed by atoms with Crippen LogP contribution >= 0.6 is 11.6 Å². The Labute approximate surface area is 117 Å². The van der Waals surface area contributed by atoms with E-state index >= 15 is 0 Å². The van der Waals surface area contributed by atoms with Crippen molar-refractivity contribution < 1.29 is 4.79 Å². The minimum Gasteiger partial charge on any atom is -0.330 e. The molecule has 1 atom stereocenters. The molecule has 0 aliphatic carbocycles. The van der Waals surface area contributed by atoms with E-state index in [9.17, 15) is 4.79 Å². The standard InChI is InChI=1S/C14H16ClN3O/c1-9(6-7-16)14(19)18-12-5-4-11(15)13-10(12)3-2-8-17-13/h2-5,8-9H,6-7,16H2,1H3,(H,18,19). The van der Waals surface area contributed by atoms with Gasteiger partial charge >= 0.3 is 0 Å². The van der Waals surface area contributed by atoms with Crippen LogP contribution in [0.5, 0.6) is 0 Å². The maximum atomic E-state index is 12.0. The average Bonchev–Trinajstić information content (AvgIpc) is 2.42. The predicted molar refractivity (Wildman–Crippen MR) is 78.2 cm³/mol. The highest BCUT2D eigenvalue weighted by molar-refractivity contribution is 6.35. The van der Waals surface area contributed by atoms with Crippen LogP contribution in [0, 0.1) is 5.92 Å². The maximum Gasteiger partial charge on any atom is 0.227 e. The number of aromatic nitrogens is 1. The molecule has 0 aliphatic rings. The van der Waals surface area contributed by atoms with Crippen molar-refractivity contribution in [1.29, 1.82) is 0 Å². The zero-order valence-corrected chi connectivity index (χ0v) is 11.4. The number of nitrogens with two attached hydrogens (primary N) is 1. The molecule has 0 aliphatic heterocycles. The molecular weight excluding hydrogens is 262 g/mol. The monoisotopic (exact) mass is 277 g/mol. The molecule has 1 aromatic heterocycles. The fourth-order valence-corrected chi connectivity index (χ4v) is 2.10. The summed E-state index contributed by atoms with van der Waals surface area (Å²) in [6.45, 7) is 2.36. The molecule has 0 saturated heterocycles. The number of amides is 1. The van der Waals surface area contributed by atoms with Gasteiger partial charge in [0.05, 0.1) is 16.2 Å². The summed E-state index contributed by atoms with van der Waals surface area (Å²) in [5.41, 5.74) is 6.88. The van der Waals surface area contributed by atoms with Gasteiger partial charge in [-0.3, -0.25) is 9.78 Å². The zero-order valence-electron chi connectivity index (χ0n) is 10.7. The topological polar surface area (TPSA) is 68.0 Å². The molecule has 5 heteroatoms. The lowest BCUT2D eigenvalue weighted by atomic mass is 10.1. The van der Waals surface area contributed by atoms with Crippen LogP contribution in [0.25, 0.3) is 10.9 Å². The maximum absolute atomic E-state index is 12.0. The van der Waals surface area contributed by atoms with Crippen LogP contribution in [0.3, 0.4) is 0 Å². The second-order valence-electron chi connectivity index (χ2n) is 4.46. The molecule has 100 valence electrons. The van der Waals surface area contributed by atoms with Crippen molar-refractivity contribution in [1.82, 2.24) is 4.98 Å². The number of hydrogen-bond acceptors (Lipinski definition) is 3. The first kappa shape index (κ1) is 13.8. The molecule has 19 heavy (non-hydrogen) atoms. The van der Waals surface area contributed by atoms with E-state index in [2.05, 4.69) is 10.3 Å². The van der Waals surface area contributed by atoms with Gasteiger partial charge in [0.1, 0.15) is 0 Å². The molecule has 0 bridgehead atoms. The Kier molecular flexibility index (Phi) is 4.35. The van der Waals surface area contributed by atoms with Crippen LogP contribution in [0.15, 0.2) is 30.5 Å².